The number of carboxylic acids is 1. The van der Waals surface area contributed by atoms with Crippen molar-refractivity contribution in [3.05, 3.63) is 11.6 Å². The lowest BCUT2D eigenvalue weighted by molar-refractivity contribution is -0.132. The van der Waals surface area contributed by atoms with Crippen LogP contribution in [0, 0.1) is 0 Å². The van der Waals surface area contributed by atoms with Gasteiger partial charge in [-0.3, -0.25) is 0 Å². The SMILES string of the molecule is CC(=CCNCCCOCCO)C(=O)O. The van der Waals surface area contributed by atoms with Crippen LogP contribution >= 0.6 is 0 Å². The van der Waals surface area contributed by atoms with E-state index in [1.165, 1.54) is 0 Å². The molecule has 0 atom stereocenters. The number of carboxylic acid groups (broad SMARTS) is 1. The van der Waals surface area contributed by atoms with Crippen molar-refractivity contribution in [3.63, 3.8) is 0 Å². The highest BCUT2D eigenvalue weighted by Gasteiger charge is 1.97. The summed E-state index contributed by atoms with van der Waals surface area (Å²) in [6.45, 7) is 3.92. The molecule has 0 aromatic rings. The molecule has 5 heteroatoms. The van der Waals surface area contributed by atoms with Crippen LogP contribution in [0.5, 0.6) is 0 Å². The van der Waals surface area contributed by atoms with Crippen molar-refractivity contribution < 1.29 is 19.7 Å². The van der Waals surface area contributed by atoms with E-state index in [2.05, 4.69) is 5.32 Å². The highest BCUT2D eigenvalue weighted by Crippen LogP contribution is 1.89. The highest BCUT2D eigenvalue weighted by molar-refractivity contribution is 5.85. The first-order valence-electron chi connectivity index (χ1n) is 4.98. The van der Waals surface area contributed by atoms with Crippen molar-refractivity contribution in [2.45, 2.75) is 13.3 Å². The summed E-state index contributed by atoms with van der Waals surface area (Å²) < 4.78 is 5.05. The summed E-state index contributed by atoms with van der Waals surface area (Å²) >= 11 is 0. The third-order valence-corrected chi connectivity index (χ3v) is 1.77. The van der Waals surface area contributed by atoms with Crippen molar-refractivity contribution in [2.24, 2.45) is 0 Å². The summed E-state index contributed by atoms with van der Waals surface area (Å²) in [4.78, 5) is 10.4. The van der Waals surface area contributed by atoms with Crippen LogP contribution in [0.3, 0.4) is 0 Å². The van der Waals surface area contributed by atoms with Gasteiger partial charge >= 0.3 is 5.97 Å². The molecule has 0 aromatic carbocycles. The lowest BCUT2D eigenvalue weighted by atomic mass is 10.3. The van der Waals surface area contributed by atoms with E-state index in [4.69, 9.17) is 14.9 Å². The third kappa shape index (κ3) is 9.40. The fraction of sp³-hybridized carbons (Fsp3) is 0.700. The molecule has 0 aliphatic carbocycles. The maximum atomic E-state index is 10.4. The van der Waals surface area contributed by atoms with Crippen LogP contribution in [0.15, 0.2) is 11.6 Å². The van der Waals surface area contributed by atoms with E-state index in [1.807, 2.05) is 0 Å². The number of rotatable bonds is 9. The number of nitrogens with one attached hydrogen (secondary N) is 1. The van der Waals surface area contributed by atoms with Crippen LogP contribution < -0.4 is 5.32 Å². The molecule has 3 N–H and O–H groups in total. The molecule has 0 aliphatic heterocycles. The molecule has 0 unspecified atom stereocenters. The molecule has 0 radical (unpaired) electrons. The number of hydrogen-bond donors (Lipinski definition) is 3. The lowest BCUT2D eigenvalue weighted by Crippen LogP contribution is -2.18. The fourth-order valence-corrected chi connectivity index (χ4v) is 0.880. The summed E-state index contributed by atoms with van der Waals surface area (Å²) in [6, 6.07) is 0. The second kappa shape index (κ2) is 9.64. The van der Waals surface area contributed by atoms with Gasteiger partial charge in [-0.2, -0.15) is 0 Å². The number of aliphatic hydroxyl groups is 1. The van der Waals surface area contributed by atoms with Crippen LogP contribution in [0.1, 0.15) is 13.3 Å². The molecule has 0 saturated carbocycles. The van der Waals surface area contributed by atoms with Gasteiger partial charge in [-0.1, -0.05) is 6.08 Å². The van der Waals surface area contributed by atoms with Crippen LogP contribution in [-0.2, 0) is 9.53 Å². The Morgan fingerprint density at radius 2 is 2.20 bits per heavy atom. The topological polar surface area (TPSA) is 78.8 Å². The van der Waals surface area contributed by atoms with Gasteiger partial charge in [0, 0.05) is 18.7 Å². The van der Waals surface area contributed by atoms with E-state index >= 15 is 0 Å². The molecule has 0 fully saturated rings. The highest BCUT2D eigenvalue weighted by atomic mass is 16.5. The Bertz CT molecular complexity index is 204. The van der Waals surface area contributed by atoms with Gasteiger partial charge in [0.15, 0.2) is 0 Å². The van der Waals surface area contributed by atoms with Crippen molar-refractivity contribution in [1.29, 1.82) is 0 Å². The van der Waals surface area contributed by atoms with Crippen molar-refractivity contribution in [2.75, 3.05) is 32.9 Å². The first-order chi connectivity index (χ1) is 7.18. The monoisotopic (exact) mass is 217 g/mol. The van der Waals surface area contributed by atoms with Crippen LogP contribution in [0.25, 0.3) is 0 Å². The minimum Gasteiger partial charge on any atom is -0.478 e. The maximum absolute atomic E-state index is 10.4. The van der Waals surface area contributed by atoms with E-state index in [0.717, 1.165) is 13.0 Å². The van der Waals surface area contributed by atoms with E-state index in [0.29, 0.717) is 25.3 Å². The Morgan fingerprint density at radius 1 is 1.47 bits per heavy atom. The minimum absolute atomic E-state index is 0.0496. The van der Waals surface area contributed by atoms with Crippen LogP contribution in [-0.4, -0.2) is 49.1 Å². The molecule has 0 amide bonds. The molecule has 15 heavy (non-hydrogen) atoms. The number of hydrogen-bond acceptors (Lipinski definition) is 4. The van der Waals surface area contributed by atoms with Crippen molar-refractivity contribution in [1.82, 2.24) is 5.32 Å². The normalized spacial score (nSPS) is 11.7. The molecule has 0 aromatic heterocycles. The lowest BCUT2D eigenvalue weighted by Gasteiger charge is -2.03. The zero-order valence-corrected chi connectivity index (χ0v) is 9.03. The van der Waals surface area contributed by atoms with Gasteiger partial charge < -0.3 is 20.3 Å². The molecule has 0 bridgehead atoms. The van der Waals surface area contributed by atoms with Gasteiger partial charge in [0.05, 0.1) is 13.2 Å². The maximum Gasteiger partial charge on any atom is 0.330 e. The van der Waals surface area contributed by atoms with Crippen LogP contribution in [0.4, 0.5) is 0 Å². The Morgan fingerprint density at radius 3 is 2.80 bits per heavy atom. The smallest absolute Gasteiger partial charge is 0.330 e. The molecule has 88 valence electrons. The van der Waals surface area contributed by atoms with E-state index in [1.54, 1.807) is 13.0 Å². The Kier molecular flexibility index (Phi) is 9.05. The largest absolute Gasteiger partial charge is 0.478 e. The second-order valence-corrected chi connectivity index (χ2v) is 3.09. The molecular weight excluding hydrogens is 198 g/mol. The molecule has 0 aliphatic rings. The second-order valence-electron chi connectivity index (χ2n) is 3.09. The van der Waals surface area contributed by atoms with Gasteiger partial charge in [-0.15, -0.1) is 0 Å². The zero-order chi connectivity index (χ0) is 11.5. The average molecular weight is 217 g/mol. The van der Waals surface area contributed by atoms with E-state index in [9.17, 15) is 4.79 Å². The molecule has 0 spiro atoms. The van der Waals surface area contributed by atoms with Gasteiger partial charge in [0.25, 0.3) is 0 Å². The third-order valence-electron chi connectivity index (χ3n) is 1.77. The van der Waals surface area contributed by atoms with Gasteiger partial charge in [-0.05, 0) is 19.9 Å². The summed E-state index contributed by atoms with van der Waals surface area (Å²) in [7, 11) is 0. The predicted molar refractivity (Wildman–Crippen MR) is 56.8 cm³/mol. The van der Waals surface area contributed by atoms with Gasteiger partial charge in [0.1, 0.15) is 0 Å². The average Bonchev–Trinajstić information content (AvgIpc) is 2.21. The number of aliphatic hydroxyl groups excluding tert-OH is 1. The Hall–Kier alpha value is -0.910. The van der Waals surface area contributed by atoms with Gasteiger partial charge in [-0.25, -0.2) is 4.79 Å². The van der Waals surface area contributed by atoms with Crippen molar-refractivity contribution >= 4 is 5.97 Å². The number of aliphatic carboxylic acids is 1. The number of ether oxygens (including phenoxy) is 1. The molecule has 0 saturated heterocycles. The van der Waals surface area contributed by atoms with Gasteiger partial charge in [0.2, 0.25) is 0 Å². The number of carbonyl (C=O) groups is 1. The summed E-state index contributed by atoms with van der Waals surface area (Å²) in [5, 5.41) is 20.0. The molecular formula is C10H19NO4. The quantitative estimate of drug-likeness (QED) is 0.374. The summed E-state index contributed by atoms with van der Waals surface area (Å²) in [6.07, 6.45) is 2.48. The molecule has 5 nitrogen and oxygen atoms in total. The first-order valence-corrected chi connectivity index (χ1v) is 4.98. The van der Waals surface area contributed by atoms with Crippen molar-refractivity contribution in [3.8, 4) is 0 Å². The first kappa shape index (κ1) is 14.1. The summed E-state index contributed by atoms with van der Waals surface area (Å²) in [5.41, 5.74) is 0.346. The molecule has 0 heterocycles. The summed E-state index contributed by atoms with van der Waals surface area (Å²) in [5.74, 6) is -0.886. The van der Waals surface area contributed by atoms with E-state index < -0.39 is 5.97 Å². The fourth-order valence-electron chi connectivity index (χ4n) is 0.880. The zero-order valence-electron chi connectivity index (χ0n) is 9.03. The van der Waals surface area contributed by atoms with Crippen LogP contribution in [0.2, 0.25) is 0 Å². The Labute approximate surface area is 89.7 Å². The standard InChI is InChI=1S/C10H19NO4/c1-9(10(13)14)3-5-11-4-2-7-15-8-6-12/h3,11-12H,2,4-8H2,1H3,(H,13,14). The predicted octanol–water partition coefficient (Wildman–Crippen LogP) is 0.00590. The minimum atomic E-state index is -0.886. The Balaban J connectivity index is 3.25. The van der Waals surface area contributed by atoms with E-state index in [-0.39, 0.29) is 6.61 Å². The molecule has 0 rings (SSSR count).